The molecule has 0 radical (unpaired) electrons. The van der Waals surface area contributed by atoms with Gasteiger partial charge in [-0.3, -0.25) is 4.79 Å². The molecule has 2 nitrogen and oxygen atoms in total. The van der Waals surface area contributed by atoms with Crippen LogP contribution in [-0.4, -0.2) is 5.78 Å². The maximum Gasteiger partial charge on any atom is 0.154 e. The second-order valence-electron chi connectivity index (χ2n) is 3.07. The first-order chi connectivity index (χ1) is 6.58. The summed E-state index contributed by atoms with van der Waals surface area (Å²) in [6.45, 7) is 3.40. The van der Waals surface area contributed by atoms with Gasteiger partial charge in [-0.25, -0.2) is 0 Å². The van der Waals surface area contributed by atoms with E-state index < -0.39 is 0 Å². The van der Waals surface area contributed by atoms with Crippen LogP contribution < -0.4 is 5.32 Å². The van der Waals surface area contributed by atoms with Crippen LogP contribution in [0.4, 0.5) is 5.69 Å². The highest BCUT2D eigenvalue weighted by molar-refractivity contribution is 9.10. The SMILES string of the molecule is CC(=O)/C=C(/C)Nc1ccc(Br)cc1. The van der Waals surface area contributed by atoms with Crippen molar-refractivity contribution in [3.8, 4) is 0 Å². The second kappa shape index (κ2) is 4.96. The molecule has 74 valence electrons. The quantitative estimate of drug-likeness (QED) is 0.838. The van der Waals surface area contributed by atoms with Gasteiger partial charge >= 0.3 is 0 Å². The Bertz CT molecular complexity index is 354. The Labute approximate surface area is 92.1 Å². The largest absolute Gasteiger partial charge is 0.359 e. The minimum Gasteiger partial charge on any atom is -0.359 e. The number of carbonyl (C=O) groups excluding carboxylic acids is 1. The topological polar surface area (TPSA) is 29.1 Å². The van der Waals surface area contributed by atoms with Gasteiger partial charge in [0.15, 0.2) is 5.78 Å². The molecule has 0 fully saturated rings. The van der Waals surface area contributed by atoms with Crippen molar-refractivity contribution in [2.45, 2.75) is 13.8 Å². The normalized spacial score (nSPS) is 11.2. The summed E-state index contributed by atoms with van der Waals surface area (Å²) in [5, 5.41) is 3.12. The van der Waals surface area contributed by atoms with Crippen LogP contribution in [0.25, 0.3) is 0 Å². The summed E-state index contributed by atoms with van der Waals surface area (Å²) < 4.78 is 1.04. The van der Waals surface area contributed by atoms with Crippen LogP contribution in [0.3, 0.4) is 0 Å². The summed E-state index contributed by atoms with van der Waals surface area (Å²) in [4.78, 5) is 10.8. The summed E-state index contributed by atoms with van der Waals surface area (Å²) in [7, 11) is 0. The molecule has 3 heteroatoms. The van der Waals surface area contributed by atoms with E-state index in [-0.39, 0.29) is 5.78 Å². The van der Waals surface area contributed by atoms with Crippen LogP contribution in [-0.2, 0) is 4.79 Å². The molecule has 0 aromatic heterocycles. The van der Waals surface area contributed by atoms with Gasteiger partial charge in [-0.05, 0) is 44.2 Å². The molecular formula is C11H12BrNO. The number of hydrogen-bond donors (Lipinski definition) is 1. The first-order valence-electron chi connectivity index (χ1n) is 4.29. The smallest absolute Gasteiger partial charge is 0.154 e. The number of hydrogen-bond acceptors (Lipinski definition) is 2. The minimum atomic E-state index is 0.0483. The Morgan fingerprint density at radius 2 is 1.86 bits per heavy atom. The molecule has 0 aliphatic heterocycles. The third kappa shape index (κ3) is 3.75. The number of allylic oxidation sites excluding steroid dienone is 2. The molecule has 0 heterocycles. The Balaban J connectivity index is 2.69. The van der Waals surface area contributed by atoms with Crippen molar-refractivity contribution in [1.29, 1.82) is 0 Å². The Hall–Kier alpha value is -1.09. The molecule has 0 spiro atoms. The van der Waals surface area contributed by atoms with Crippen LogP contribution in [0.5, 0.6) is 0 Å². The third-order valence-corrected chi connectivity index (χ3v) is 2.13. The van der Waals surface area contributed by atoms with Crippen molar-refractivity contribution < 1.29 is 4.79 Å². The van der Waals surface area contributed by atoms with E-state index in [9.17, 15) is 4.79 Å². The van der Waals surface area contributed by atoms with Crippen molar-refractivity contribution in [3.05, 3.63) is 40.5 Å². The molecule has 0 unspecified atom stereocenters. The molecule has 0 amide bonds. The molecule has 1 rings (SSSR count). The van der Waals surface area contributed by atoms with Gasteiger partial charge in [0.2, 0.25) is 0 Å². The van der Waals surface area contributed by atoms with Crippen LogP contribution in [0.2, 0.25) is 0 Å². The van der Waals surface area contributed by atoms with Crippen LogP contribution >= 0.6 is 15.9 Å². The highest BCUT2D eigenvalue weighted by Gasteiger charge is 1.94. The van der Waals surface area contributed by atoms with Gasteiger partial charge in [-0.15, -0.1) is 0 Å². The molecular weight excluding hydrogens is 242 g/mol. The third-order valence-electron chi connectivity index (χ3n) is 1.61. The molecule has 1 N–H and O–H groups in total. The van der Waals surface area contributed by atoms with Crippen molar-refractivity contribution in [3.63, 3.8) is 0 Å². The number of nitrogens with one attached hydrogen (secondary N) is 1. The van der Waals surface area contributed by atoms with Gasteiger partial charge in [0, 0.05) is 15.9 Å². The number of benzene rings is 1. The van der Waals surface area contributed by atoms with E-state index in [0.29, 0.717) is 0 Å². The van der Waals surface area contributed by atoms with E-state index in [2.05, 4.69) is 21.2 Å². The first-order valence-corrected chi connectivity index (χ1v) is 5.08. The monoisotopic (exact) mass is 253 g/mol. The number of carbonyl (C=O) groups is 1. The summed E-state index contributed by atoms with van der Waals surface area (Å²) in [5.41, 5.74) is 1.82. The Kier molecular flexibility index (Phi) is 3.89. The zero-order valence-corrected chi connectivity index (χ0v) is 9.76. The van der Waals surface area contributed by atoms with E-state index in [4.69, 9.17) is 0 Å². The zero-order chi connectivity index (χ0) is 10.6. The minimum absolute atomic E-state index is 0.0483. The van der Waals surface area contributed by atoms with Crippen LogP contribution in [0.1, 0.15) is 13.8 Å². The van der Waals surface area contributed by atoms with Crippen molar-refractivity contribution >= 4 is 27.4 Å². The number of rotatable bonds is 3. The molecule has 14 heavy (non-hydrogen) atoms. The van der Waals surface area contributed by atoms with Gasteiger partial charge in [0.1, 0.15) is 0 Å². The van der Waals surface area contributed by atoms with E-state index >= 15 is 0 Å². The fourth-order valence-corrected chi connectivity index (χ4v) is 1.37. The van der Waals surface area contributed by atoms with Crippen molar-refractivity contribution in [1.82, 2.24) is 0 Å². The highest BCUT2D eigenvalue weighted by atomic mass is 79.9. The Morgan fingerprint density at radius 1 is 1.29 bits per heavy atom. The molecule has 1 aromatic carbocycles. The predicted octanol–water partition coefficient (Wildman–Crippen LogP) is 3.35. The van der Waals surface area contributed by atoms with E-state index in [0.717, 1.165) is 15.9 Å². The summed E-state index contributed by atoms with van der Waals surface area (Å²) in [6, 6.07) is 7.79. The lowest BCUT2D eigenvalue weighted by molar-refractivity contribution is -0.112. The fraction of sp³-hybridized carbons (Fsp3) is 0.182. The van der Waals surface area contributed by atoms with E-state index in [1.807, 2.05) is 31.2 Å². The van der Waals surface area contributed by atoms with Gasteiger partial charge in [0.25, 0.3) is 0 Å². The zero-order valence-electron chi connectivity index (χ0n) is 8.17. The van der Waals surface area contributed by atoms with E-state index in [1.165, 1.54) is 6.92 Å². The highest BCUT2D eigenvalue weighted by Crippen LogP contribution is 2.15. The van der Waals surface area contributed by atoms with Gasteiger partial charge in [-0.1, -0.05) is 15.9 Å². The van der Waals surface area contributed by atoms with Gasteiger partial charge in [0.05, 0.1) is 0 Å². The van der Waals surface area contributed by atoms with Crippen LogP contribution in [0.15, 0.2) is 40.5 Å². The average molecular weight is 254 g/mol. The average Bonchev–Trinajstić information content (AvgIpc) is 2.07. The van der Waals surface area contributed by atoms with Crippen molar-refractivity contribution in [2.24, 2.45) is 0 Å². The molecule has 0 saturated carbocycles. The summed E-state index contributed by atoms with van der Waals surface area (Å²) >= 11 is 3.36. The number of halogens is 1. The molecule has 0 bridgehead atoms. The summed E-state index contributed by atoms with van der Waals surface area (Å²) in [5.74, 6) is 0.0483. The van der Waals surface area contributed by atoms with Crippen LogP contribution in [0, 0.1) is 0 Å². The first kappa shape index (κ1) is 11.0. The second-order valence-corrected chi connectivity index (χ2v) is 3.99. The number of ketones is 1. The standard InChI is InChI=1S/C11H12BrNO/c1-8(7-9(2)14)13-11-5-3-10(12)4-6-11/h3-7,13H,1-2H3/b8-7-. The van der Waals surface area contributed by atoms with Gasteiger partial charge < -0.3 is 5.32 Å². The lowest BCUT2D eigenvalue weighted by Gasteiger charge is -2.05. The summed E-state index contributed by atoms with van der Waals surface area (Å²) in [6.07, 6.45) is 1.57. The molecule has 1 aromatic rings. The maximum absolute atomic E-state index is 10.8. The van der Waals surface area contributed by atoms with Crippen molar-refractivity contribution in [2.75, 3.05) is 5.32 Å². The molecule has 0 aliphatic carbocycles. The molecule has 0 atom stereocenters. The maximum atomic E-state index is 10.8. The lowest BCUT2D eigenvalue weighted by atomic mass is 10.3. The Morgan fingerprint density at radius 3 is 2.36 bits per heavy atom. The molecule has 0 aliphatic rings. The van der Waals surface area contributed by atoms with Gasteiger partial charge in [-0.2, -0.15) is 0 Å². The van der Waals surface area contributed by atoms with E-state index in [1.54, 1.807) is 6.08 Å². The predicted molar refractivity (Wildman–Crippen MR) is 62.2 cm³/mol. The fourth-order valence-electron chi connectivity index (χ4n) is 1.10. The number of anilines is 1. The molecule has 0 saturated heterocycles. The lowest BCUT2D eigenvalue weighted by Crippen LogP contribution is -1.97.